The Morgan fingerprint density at radius 1 is 1.23 bits per heavy atom. The highest BCUT2D eigenvalue weighted by molar-refractivity contribution is 6.05. The molecule has 5 nitrogen and oxygen atoms in total. The van der Waals surface area contributed by atoms with Gasteiger partial charge in [-0.3, -0.25) is 4.79 Å². The first-order chi connectivity index (χ1) is 12.4. The van der Waals surface area contributed by atoms with E-state index in [0.29, 0.717) is 11.3 Å². The molecule has 3 rings (SSSR count). The smallest absolute Gasteiger partial charge is 0.340 e. The number of rotatable bonds is 6. The number of ether oxygens (including phenoxy) is 1. The predicted octanol–water partition coefficient (Wildman–Crippen LogP) is 3.41. The highest BCUT2D eigenvalue weighted by atomic mass is 19.1. The largest absolute Gasteiger partial charge is 0.462 e. The molecular formula is C20H28FN2O3+. The molecule has 0 radical (unpaired) electrons. The molecule has 6 heteroatoms. The van der Waals surface area contributed by atoms with E-state index in [1.165, 1.54) is 6.07 Å². The Morgan fingerprint density at radius 2 is 1.88 bits per heavy atom. The standard InChI is InChI=1S/C20H27FN2O3/c1-4-23(10-6-7-11-23)20(8-9-20)19(25)22-17-14(3)12-15(21)13-16(17)18(24)26-5-2/h12-13H,4-11H2,1-3H3/p+1. The summed E-state index contributed by atoms with van der Waals surface area (Å²) in [4.78, 5) is 25.5. The van der Waals surface area contributed by atoms with Crippen LogP contribution in [0, 0.1) is 12.7 Å². The third kappa shape index (κ3) is 3.00. The molecule has 1 N–H and O–H groups in total. The molecule has 1 heterocycles. The summed E-state index contributed by atoms with van der Waals surface area (Å²) >= 11 is 0. The summed E-state index contributed by atoms with van der Waals surface area (Å²) in [5, 5.41) is 2.96. The number of hydrogen-bond acceptors (Lipinski definition) is 3. The molecule has 1 saturated carbocycles. The maximum Gasteiger partial charge on any atom is 0.340 e. The van der Waals surface area contributed by atoms with E-state index in [1.54, 1.807) is 13.8 Å². The fourth-order valence-corrected chi connectivity index (χ4v) is 4.53. The van der Waals surface area contributed by atoms with Gasteiger partial charge >= 0.3 is 5.97 Å². The monoisotopic (exact) mass is 363 g/mol. The van der Waals surface area contributed by atoms with Crippen molar-refractivity contribution in [1.82, 2.24) is 0 Å². The van der Waals surface area contributed by atoms with E-state index in [4.69, 9.17) is 4.74 Å². The molecule has 26 heavy (non-hydrogen) atoms. The lowest BCUT2D eigenvalue weighted by molar-refractivity contribution is -0.940. The third-order valence-electron chi connectivity index (χ3n) is 6.12. The van der Waals surface area contributed by atoms with Crippen LogP contribution in [0.25, 0.3) is 0 Å². The van der Waals surface area contributed by atoms with Gasteiger partial charge in [0.15, 0.2) is 5.54 Å². The van der Waals surface area contributed by atoms with Crippen molar-refractivity contribution in [2.45, 2.75) is 52.0 Å². The molecule has 1 aromatic carbocycles. The second-order valence-corrected chi connectivity index (χ2v) is 7.47. The van der Waals surface area contributed by atoms with Crippen LogP contribution >= 0.6 is 0 Å². The highest BCUT2D eigenvalue weighted by Crippen LogP contribution is 2.50. The van der Waals surface area contributed by atoms with Gasteiger partial charge in [0.2, 0.25) is 0 Å². The number of esters is 1. The second-order valence-electron chi connectivity index (χ2n) is 7.47. The summed E-state index contributed by atoms with van der Waals surface area (Å²) in [7, 11) is 0. The summed E-state index contributed by atoms with van der Waals surface area (Å²) in [6.07, 6.45) is 4.02. The number of quaternary nitrogens is 1. The first kappa shape index (κ1) is 18.8. The molecule has 0 bridgehead atoms. The van der Waals surface area contributed by atoms with Crippen molar-refractivity contribution < 1.29 is 23.2 Å². The number of aryl methyl sites for hydroxylation is 1. The molecule has 1 saturated heterocycles. The molecule has 0 atom stereocenters. The molecule has 1 aliphatic heterocycles. The van der Waals surface area contributed by atoms with E-state index in [2.05, 4.69) is 12.2 Å². The van der Waals surface area contributed by atoms with Crippen LogP contribution < -0.4 is 5.32 Å². The quantitative estimate of drug-likeness (QED) is 0.622. The summed E-state index contributed by atoms with van der Waals surface area (Å²) < 4.78 is 19.7. The number of anilines is 1. The number of amides is 1. The van der Waals surface area contributed by atoms with E-state index in [9.17, 15) is 14.0 Å². The van der Waals surface area contributed by atoms with Crippen LogP contribution in [0.2, 0.25) is 0 Å². The van der Waals surface area contributed by atoms with Gasteiger partial charge in [-0.1, -0.05) is 0 Å². The normalized spacial score (nSPS) is 19.8. The van der Waals surface area contributed by atoms with E-state index in [1.807, 2.05) is 0 Å². The Balaban J connectivity index is 1.91. The lowest BCUT2D eigenvalue weighted by Gasteiger charge is -2.40. The van der Waals surface area contributed by atoms with Gasteiger partial charge in [-0.25, -0.2) is 9.18 Å². The Morgan fingerprint density at radius 3 is 2.42 bits per heavy atom. The number of hydrogen-bond donors (Lipinski definition) is 1. The Labute approximate surface area is 154 Å². The first-order valence-corrected chi connectivity index (χ1v) is 9.54. The average molecular weight is 363 g/mol. The Hall–Kier alpha value is -1.95. The Kier molecular flexibility index (Phi) is 5.06. The maximum absolute atomic E-state index is 13.8. The van der Waals surface area contributed by atoms with Crippen LogP contribution in [0.1, 0.15) is 55.5 Å². The van der Waals surface area contributed by atoms with Gasteiger partial charge < -0.3 is 14.5 Å². The zero-order valence-corrected chi connectivity index (χ0v) is 15.9. The van der Waals surface area contributed by atoms with Crippen LogP contribution in [0.4, 0.5) is 10.1 Å². The first-order valence-electron chi connectivity index (χ1n) is 9.54. The number of carbonyl (C=O) groups is 2. The van der Waals surface area contributed by atoms with E-state index in [-0.39, 0.29) is 18.1 Å². The van der Waals surface area contributed by atoms with Crippen molar-refractivity contribution in [3.63, 3.8) is 0 Å². The predicted molar refractivity (Wildman–Crippen MR) is 97.5 cm³/mol. The molecule has 0 spiro atoms. The van der Waals surface area contributed by atoms with Crippen LogP contribution in [0.5, 0.6) is 0 Å². The van der Waals surface area contributed by atoms with Crippen molar-refractivity contribution in [1.29, 1.82) is 0 Å². The average Bonchev–Trinajstić information content (AvgIpc) is 3.29. The molecule has 1 amide bonds. The molecule has 1 aliphatic carbocycles. The fourth-order valence-electron chi connectivity index (χ4n) is 4.53. The number of nitrogens with zero attached hydrogens (tertiary/aromatic N) is 1. The molecule has 0 unspecified atom stereocenters. The van der Waals surface area contributed by atoms with Gasteiger partial charge in [0.05, 0.1) is 37.5 Å². The minimum Gasteiger partial charge on any atom is -0.462 e. The van der Waals surface area contributed by atoms with Crippen LogP contribution in [0.3, 0.4) is 0 Å². The van der Waals surface area contributed by atoms with E-state index >= 15 is 0 Å². The third-order valence-corrected chi connectivity index (χ3v) is 6.12. The van der Waals surface area contributed by atoms with E-state index in [0.717, 1.165) is 55.9 Å². The SMILES string of the molecule is CCOC(=O)c1cc(F)cc(C)c1NC(=O)C1([N+]2(CC)CCCC2)CC1. The van der Waals surface area contributed by atoms with Gasteiger partial charge in [-0.05, 0) is 38.5 Å². The van der Waals surface area contributed by atoms with Gasteiger partial charge in [0.25, 0.3) is 5.91 Å². The van der Waals surface area contributed by atoms with Crippen LogP contribution in [0.15, 0.2) is 12.1 Å². The fraction of sp³-hybridized carbons (Fsp3) is 0.600. The van der Waals surface area contributed by atoms with Gasteiger partial charge in [0.1, 0.15) is 5.82 Å². The van der Waals surface area contributed by atoms with Crippen molar-refractivity contribution in [2.75, 3.05) is 31.6 Å². The number of likely N-dealkylation sites (tertiary alicyclic amines) is 1. The summed E-state index contributed by atoms with van der Waals surface area (Å²) in [6.45, 7) is 8.72. The van der Waals surface area contributed by atoms with Gasteiger partial charge in [0, 0.05) is 25.7 Å². The van der Waals surface area contributed by atoms with Crippen molar-refractivity contribution >= 4 is 17.6 Å². The lowest BCUT2D eigenvalue weighted by Crippen LogP contribution is -2.60. The number of likely N-dealkylation sites (N-methyl/N-ethyl adjacent to an activating group) is 1. The zero-order chi connectivity index (χ0) is 18.9. The second kappa shape index (κ2) is 6.99. The number of carbonyl (C=O) groups excluding carboxylic acids is 2. The van der Waals surface area contributed by atoms with Crippen molar-refractivity contribution in [3.8, 4) is 0 Å². The van der Waals surface area contributed by atoms with Crippen LogP contribution in [-0.2, 0) is 9.53 Å². The maximum atomic E-state index is 13.8. The summed E-state index contributed by atoms with van der Waals surface area (Å²) in [5.74, 6) is -1.18. The molecule has 2 aliphatic rings. The highest BCUT2D eigenvalue weighted by Gasteiger charge is 2.65. The lowest BCUT2D eigenvalue weighted by atomic mass is 10.1. The minimum absolute atomic E-state index is 0.0542. The molecule has 0 aromatic heterocycles. The molecule has 1 aromatic rings. The topological polar surface area (TPSA) is 55.4 Å². The minimum atomic E-state index is -0.615. The van der Waals surface area contributed by atoms with Gasteiger partial charge in [-0.2, -0.15) is 0 Å². The summed E-state index contributed by atoms with van der Waals surface area (Å²) in [5.41, 5.74) is 0.576. The number of nitrogens with one attached hydrogen (secondary N) is 1. The molecule has 2 fully saturated rings. The molecular weight excluding hydrogens is 335 g/mol. The van der Waals surface area contributed by atoms with E-state index < -0.39 is 17.3 Å². The summed E-state index contributed by atoms with van der Waals surface area (Å²) in [6, 6.07) is 2.47. The van der Waals surface area contributed by atoms with Gasteiger partial charge in [-0.15, -0.1) is 0 Å². The number of halogens is 1. The Bertz CT molecular complexity index is 722. The molecule has 142 valence electrons. The van der Waals surface area contributed by atoms with Crippen molar-refractivity contribution in [3.05, 3.63) is 29.1 Å². The zero-order valence-electron chi connectivity index (χ0n) is 15.9. The van der Waals surface area contributed by atoms with Crippen LogP contribution in [-0.4, -0.2) is 48.1 Å². The number of benzene rings is 1. The van der Waals surface area contributed by atoms with Crippen molar-refractivity contribution in [2.24, 2.45) is 0 Å².